The van der Waals surface area contributed by atoms with E-state index in [4.69, 9.17) is 25.0 Å². The van der Waals surface area contributed by atoms with Crippen LogP contribution in [0.5, 0.6) is 5.88 Å². The van der Waals surface area contributed by atoms with Gasteiger partial charge in [-0.15, -0.1) is 11.3 Å². The fourth-order valence-electron chi connectivity index (χ4n) is 7.34. The highest BCUT2D eigenvalue weighted by Crippen LogP contribution is 2.55. The molecule has 4 aromatic heterocycles. The van der Waals surface area contributed by atoms with Crippen molar-refractivity contribution in [2.75, 3.05) is 19.3 Å². The third kappa shape index (κ3) is 4.15. The lowest BCUT2D eigenvalue weighted by Gasteiger charge is -2.39. The largest absolute Gasteiger partial charge is 0.473 e. The van der Waals surface area contributed by atoms with E-state index in [-0.39, 0.29) is 6.10 Å². The van der Waals surface area contributed by atoms with Crippen LogP contribution in [0.2, 0.25) is 0 Å². The number of hydrogen-bond donors (Lipinski definition) is 1. The molecule has 212 valence electrons. The highest BCUT2D eigenvalue weighted by molar-refractivity contribution is 7.16. The molecule has 10 nitrogen and oxygen atoms in total. The Kier molecular flexibility index (Phi) is 6.36. The highest BCUT2D eigenvalue weighted by atomic mass is 32.1. The monoisotopic (exact) mass is 570 g/mol. The van der Waals surface area contributed by atoms with Crippen molar-refractivity contribution in [1.29, 1.82) is 5.26 Å². The quantitative estimate of drug-likeness (QED) is 0.353. The molecule has 0 aromatic carbocycles. The normalized spacial score (nSPS) is 22.8. The number of fused-ring (bicyclic) bond motifs is 4. The molecule has 4 aromatic rings. The van der Waals surface area contributed by atoms with Crippen LogP contribution in [0.15, 0.2) is 23.0 Å². The Labute approximate surface area is 243 Å². The minimum atomic E-state index is -0.398. The van der Waals surface area contributed by atoms with Crippen molar-refractivity contribution < 1.29 is 9.26 Å². The van der Waals surface area contributed by atoms with Gasteiger partial charge in [0.15, 0.2) is 17.3 Å². The lowest BCUT2D eigenvalue weighted by atomic mass is 9.63. The second-order valence-electron chi connectivity index (χ2n) is 11.6. The molecule has 1 saturated heterocycles. The molecular weight excluding hydrogens is 536 g/mol. The second kappa shape index (κ2) is 9.96. The van der Waals surface area contributed by atoms with Crippen LogP contribution >= 0.6 is 11.3 Å². The molecule has 0 saturated carbocycles. The third-order valence-electron chi connectivity index (χ3n) is 9.26. The average molecular weight is 571 g/mol. The summed E-state index contributed by atoms with van der Waals surface area (Å²) in [6, 6.07) is 4.60. The Hall–Kier alpha value is -3.75. The number of thiophene rings is 1. The zero-order chi connectivity index (χ0) is 28.3. The summed E-state index contributed by atoms with van der Waals surface area (Å²) in [6.07, 6.45) is 11.4. The van der Waals surface area contributed by atoms with Gasteiger partial charge in [-0.25, -0.2) is 9.97 Å². The topological polar surface area (TPSA) is 132 Å². The number of likely N-dealkylation sites (N-methyl/N-ethyl adjacent to an activating group) is 1. The van der Waals surface area contributed by atoms with Gasteiger partial charge in [-0.1, -0.05) is 5.16 Å². The second-order valence-corrected chi connectivity index (χ2v) is 12.8. The highest BCUT2D eigenvalue weighted by Gasteiger charge is 2.48. The van der Waals surface area contributed by atoms with Crippen molar-refractivity contribution in [3.05, 3.63) is 51.6 Å². The first-order chi connectivity index (χ1) is 19.9. The molecule has 1 fully saturated rings. The summed E-state index contributed by atoms with van der Waals surface area (Å²) < 4.78 is 14.6. The molecule has 0 unspecified atom stereocenters. The van der Waals surface area contributed by atoms with E-state index in [2.05, 4.69) is 35.1 Å². The molecule has 0 bridgehead atoms. The number of aromatic nitrogens is 5. The minimum absolute atomic E-state index is 0.0365. The first-order valence-electron chi connectivity index (χ1n) is 14.5. The molecule has 2 N–H and O–H groups in total. The maximum Gasteiger partial charge on any atom is 0.219 e. The van der Waals surface area contributed by atoms with Gasteiger partial charge < -0.3 is 15.0 Å². The number of likely N-dealkylation sites (tertiary alicyclic amines) is 1. The Bertz CT molecular complexity index is 1660. The molecule has 2 aliphatic carbocycles. The Morgan fingerprint density at radius 2 is 2.07 bits per heavy atom. The van der Waals surface area contributed by atoms with E-state index in [0.717, 1.165) is 74.2 Å². The lowest BCUT2D eigenvalue weighted by molar-refractivity contribution is 0.117. The molecule has 41 heavy (non-hydrogen) atoms. The molecule has 11 heteroatoms. The molecule has 5 heterocycles. The van der Waals surface area contributed by atoms with Crippen LogP contribution in [0, 0.1) is 18.3 Å². The smallest absolute Gasteiger partial charge is 0.219 e. The van der Waals surface area contributed by atoms with Gasteiger partial charge in [0, 0.05) is 34.9 Å². The minimum Gasteiger partial charge on any atom is -0.473 e. The predicted octanol–water partition coefficient (Wildman–Crippen LogP) is 4.96. The van der Waals surface area contributed by atoms with Gasteiger partial charge in [0.05, 0.1) is 11.0 Å². The van der Waals surface area contributed by atoms with Crippen molar-refractivity contribution in [3.8, 4) is 29.3 Å². The Morgan fingerprint density at radius 3 is 2.80 bits per heavy atom. The molecule has 1 spiro atoms. The van der Waals surface area contributed by atoms with Crippen LogP contribution in [-0.4, -0.2) is 55.3 Å². The van der Waals surface area contributed by atoms with E-state index >= 15 is 0 Å². The standard InChI is InChI=1S/C30H34N8O2S/c1-17(21-8-6-13-37(21)3)39-24-15-23(38-14-12-33-18(38)2)34-29(35-24)26-19-7-4-10-30(27(19)40-36-26)11-5-9-22-25(30)20(16-31)28(32)41-22/h12,14-15,17,21H,4-11,13,32H2,1-3H3/t17-,21-,30-/m0/s1. The van der Waals surface area contributed by atoms with E-state index < -0.39 is 5.41 Å². The van der Waals surface area contributed by atoms with E-state index in [0.29, 0.717) is 39.8 Å². The summed E-state index contributed by atoms with van der Waals surface area (Å²) in [5.41, 5.74) is 9.25. The van der Waals surface area contributed by atoms with E-state index in [9.17, 15) is 5.26 Å². The molecular formula is C30H34N8O2S. The maximum atomic E-state index is 10.0. The molecule has 7 rings (SSSR count). The van der Waals surface area contributed by atoms with Gasteiger partial charge in [-0.3, -0.25) is 9.47 Å². The van der Waals surface area contributed by atoms with Crippen LogP contribution in [-0.2, 0) is 18.3 Å². The number of nitrogens with two attached hydrogens (primary N) is 1. The van der Waals surface area contributed by atoms with Crippen LogP contribution in [0.25, 0.3) is 17.3 Å². The predicted molar refractivity (Wildman–Crippen MR) is 155 cm³/mol. The number of hydrogen-bond acceptors (Lipinski definition) is 10. The summed E-state index contributed by atoms with van der Waals surface area (Å²) in [7, 11) is 2.15. The van der Waals surface area contributed by atoms with E-state index in [1.165, 1.54) is 11.3 Å². The van der Waals surface area contributed by atoms with Gasteiger partial charge >= 0.3 is 0 Å². The summed E-state index contributed by atoms with van der Waals surface area (Å²) >= 11 is 1.55. The molecule has 3 aliphatic rings. The van der Waals surface area contributed by atoms with Crippen LogP contribution in [0.3, 0.4) is 0 Å². The summed E-state index contributed by atoms with van der Waals surface area (Å²) in [5.74, 6) is 3.31. The van der Waals surface area contributed by atoms with Gasteiger partial charge in [-0.05, 0) is 84.4 Å². The maximum absolute atomic E-state index is 10.0. The Morgan fingerprint density at radius 1 is 1.24 bits per heavy atom. The van der Waals surface area contributed by atoms with Crippen molar-refractivity contribution >= 4 is 16.3 Å². The van der Waals surface area contributed by atoms with E-state index in [1.807, 2.05) is 23.8 Å². The summed E-state index contributed by atoms with van der Waals surface area (Å²) in [4.78, 5) is 17.8. The molecule has 0 amide bonds. The first kappa shape index (κ1) is 26.2. The zero-order valence-corrected chi connectivity index (χ0v) is 24.5. The van der Waals surface area contributed by atoms with Crippen LogP contribution in [0.4, 0.5) is 5.00 Å². The SMILES string of the molecule is Cc1nccn1-c1cc(O[C@@H](C)[C@@H]2CCCN2C)nc(-c2noc3c2CCC[C@@]32CCCc3sc(N)c(C#N)c32)n1. The van der Waals surface area contributed by atoms with Crippen molar-refractivity contribution in [3.63, 3.8) is 0 Å². The van der Waals surface area contributed by atoms with Crippen molar-refractivity contribution in [2.24, 2.45) is 0 Å². The number of imidazole rings is 1. The third-order valence-corrected chi connectivity index (χ3v) is 10.3. The van der Waals surface area contributed by atoms with Gasteiger partial charge in [-0.2, -0.15) is 10.2 Å². The number of rotatable bonds is 5. The fraction of sp³-hybridized carbons (Fsp3) is 0.500. The summed E-state index contributed by atoms with van der Waals surface area (Å²) in [5, 5.41) is 15.2. The number of nitrogen functional groups attached to an aromatic ring is 1. The molecule has 0 radical (unpaired) electrons. The number of ether oxygens (including phenoxy) is 1. The van der Waals surface area contributed by atoms with E-state index in [1.54, 1.807) is 17.5 Å². The Balaban J connectivity index is 1.34. The number of nitriles is 1. The number of aryl methyl sites for hydroxylation is 2. The summed E-state index contributed by atoms with van der Waals surface area (Å²) in [6.45, 7) is 5.13. The fourth-order valence-corrected chi connectivity index (χ4v) is 8.50. The molecule has 3 atom stereocenters. The number of nitrogens with zero attached hydrogens (tertiary/aromatic N) is 7. The zero-order valence-electron chi connectivity index (χ0n) is 23.7. The van der Waals surface area contributed by atoms with Crippen LogP contribution in [0.1, 0.15) is 78.6 Å². The first-order valence-corrected chi connectivity index (χ1v) is 15.3. The van der Waals surface area contributed by atoms with Gasteiger partial charge in [0.2, 0.25) is 5.88 Å². The van der Waals surface area contributed by atoms with Gasteiger partial charge in [0.1, 0.15) is 28.8 Å². The van der Waals surface area contributed by atoms with Crippen molar-refractivity contribution in [2.45, 2.75) is 82.8 Å². The molecule has 1 aliphatic heterocycles. The lowest BCUT2D eigenvalue weighted by Crippen LogP contribution is -2.38. The van der Waals surface area contributed by atoms with Gasteiger partial charge in [0.25, 0.3) is 0 Å². The number of anilines is 1. The van der Waals surface area contributed by atoms with Crippen LogP contribution < -0.4 is 10.5 Å². The average Bonchev–Trinajstić information content (AvgIpc) is 3.75. The van der Waals surface area contributed by atoms with Crippen molar-refractivity contribution in [1.82, 2.24) is 29.6 Å².